The first-order valence-corrected chi connectivity index (χ1v) is 7.40. The molecule has 0 amide bonds. The molecule has 0 aliphatic heterocycles. The average Bonchev–Trinajstić information content (AvgIpc) is 2.15. The minimum absolute atomic E-state index is 0.391. The topological polar surface area (TPSA) is 55.4 Å². The predicted octanol–water partition coefficient (Wildman–Crippen LogP) is 3.47. The summed E-state index contributed by atoms with van der Waals surface area (Å²) in [5.74, 6) is -3.80. The first kappa shape index (κ1) is 12.4. The maximum atomic E-state index is 11.1. The van der Waals surface area contributed by atoms with Gasteiger partial charge in [0.2, 0.25) is 0 Å². The quantitative estimate of drug-likeness (QED) is 0.673. The molecule has 0 radical (unpaired) electrons. The highest BCUT2D eigenvalue weighted by Crippen LogP contribution is 2.55. The predicted molar refractivity (Wildman–Crippen MR) is 60.7 cm³/mol. The molecule has 1 aromatic rings. The van der Waals surface area contributed by atoms with E-state index in [0.717, 1.165) is 0 Å². The Kier molecular flexibility index (Phi) is 4.03. The van der Waals surface area contributed by atoms with Crippen molar-refractivity contribution in [3.8, 4) is 0 Å². The number of rotatable bonds is 3. The first-order valence-electron chi connectivity index (χ1n) is 3.88. The highest BCUT2D eigenvalue weighted by atomic mass is 35.9. The molecule has 1 rings (SSSR count). The Morgan fingerprint density at radius 2 is 1.87 bits per heavy atom. The molecule has 7 heteroatoms. The Labute approximate surface area is 96.5 Å². The fourth-order valence-corrected chi connectivity index (χ4v) is 1.98. The molecule has 0 atom stereocenters. The van der Waals surface area contributed by atoms with Crippen LogP contribution in [-0.4, -0.2) is 13.1 Å². The van der Waals surface area contributed by atoms with E-state index in [1.54, 1.807) is 0 Å². The smallest absolute Gasteiger partial charge is 0.343 e. The Bertz CT molecular complexity index is 401. The Balaban J connectivity index is 2.81. The standard InChI is InChI=1S/C8H8Cl2NO3P/c1-14-8(12)6-2-4-7(5-3-6)11-15(9,10)13/h2-5H,1H3,(H,11,13). The summed E-state index contributed by atoms with van der Waals surface area (Å²) in [4.78, 5) is 11.1. The molecular weight excluding hydrogens is 260 g/mol. The maximum absolute atomic E-state index is 11.1. The summed E-state index contributed by atoms with van der Waals surface area (Å²) in [5, 5.41) is 2.40. The van der Waals surface area contributed by atoms with Crippen molar-refractivity contribution in [1.82, 2.24) is 0 Å². The number of ether oxygens (including phenoxy) is 1. The van der Waals surface area contributed by atoms with Gasteiger partial charge in [-0.05, 0) is 46.7 Å². The summed E-state index contributed by atoms with van der Waals surface area (Å²) in [6.07, 6.45) is 0. The summed E-state index contributed by atoms with van der Waals surface area (Å²) in [5.41, 5.74) is 0.859. The van der Waals surface area contributed by atoms with Crippen LogP contribution in [0.15, 0.2) is 24.3 Å². The third-order valence-electron chi connectivity index (χ3n) is 1.57. The van der Waals surface area contributed by atoms with E-state index in [1.807, 2.05) is 0 Å². The van der Waals surface area contributed by atoms with Gasteiger partial charge in [-0.25, -0.2) is 4.79 Å². The number of esters is 1. The lowest BCUT2D eigenvalue weighted by Gasteiger charge is -2.06. The van der Waals surface area contributed by atoms with Crippen LogP contribution in [-0.2, 0) is 9.30 Å². The van der Waals surface area contributed by atoms with Crippen molar-refractivity contribution in [2.45, 2.75) is 0 Å². The van der Waals surface area contributed by atoms with Gasteiger partial charge in [-0.2, -0.15) is 0 Å². The summed E-state index contributed by atoms with van der Waals surface area (Å²) in [7, 11) is 1.29. The van der Waals surface area contributed by atoms with Gasteiger partial charge in [0.15, 0.2) is 0 Å². The molecule has 0 bridgehead atoms. The molecule has 1 N–H and O–H groups in total. The molecule has 0 spiro atoms. The number of carbonyl (C=O) groups is 1. The number of halogens is 2. The van der Waals surface area contributed by atoms with E-state index in [-0.39, 0.29) is 0 Å². The van der Waals surface area contributed by atoms with Gasteiger partial charge in [-0.15, -0.1) is 0 Å². The second-order valence-corrected chi connectivity index (χ2v) is 7.17. The lowest BCUT2D eigenvalue weighted by Crippen LogP contribution is -2.00. The summed E-state index contributed by atoms with van der Waals surface area (Å²) < 4.78 is 15.5. The summed E-state index contributed by atoms with van der Waals surface area (Å²) in [6.45, 7) is 0. The van der Waals surface area contributed by atoms with Crippen LogP contribution in [0.4, 0.5) is 5.69 Å². The Hall–Kier alpha value is -0.700. The number of anilines is 1. The largest absolute Gasteiger partial charge is 0.465 e. The van der Waals surface area contributed by atoms with Crippen LogP contribution in [0.1, 0.15) is 10.4 Å². The average molecular weight is 268 g/mol. The number of hydrogen-bond acceptors (Lipinski definition) is 3. The van der Waals surface area contributed by atoms with E-state index in [0.29, 0.717) is 11.3 Å². The van der Waals surface area contributed by atoms with Crippen molar-refractivity contribution in [3.63, 3.8) is 0 Å². The second kappa shape index (κ2) is 4.88. The third kappa shape index (κ3) is 4.12. The number of methoxy groups -OCH3 is 1. The Morgan fingerprint density at radius 3 is 2.27 bits per heavy atom. The molecule has 0 heterocycles. The molecule has 0 unspecified atom stereocenters. The van der Waals surface area contributed by atoms with Gasteiger partial charge in [0.05, 0.1) is 12.7 Å². The minimum Gasteiger partial charge on any atom is -0.465 e. The lowest BCUT2D eigenvalue weighted by molar-refractivity contribution is 0.0601. The van der Waals surface area contributed by atoms with Crippen LogP contribution in [0.3, 0.4) is 0 Å². The van der Waals surface area contributed by atoms with Crippen LogP contribution >= 0.6 is 28.5 Å². The minimum atomic E-state index is -3.36. The van der Waals surface area contributed by atoms with Gasteiger partial charge >= 0.3 is 12.0 Å². The van der Waals surface area contributed by atoms with E-state index >= 15 is 0 Å². The maximum Gasteiger partial charge on any atom is 0.343 e. The number of benzene rings is 1. The van der Waals surface area contributed by atoms with Crippen LogP contribution in [0.25, 0.3) is 0 Å². The zero-order valence-corrected chi connectivity index (χ0v) is 10.1. The van der Waals surface area contributed by atoms with E-state index in [1.165, 1.54) is 31.4 Å². The third-order valence-corrected chi connectivity index (χ3v) is 2.59. The van der Waals surface area contributed by atoms with Crippen molar-refractivity contribution < 1.29 is 14.1 Å². The zero-order chi connectivity index (χ0) is 11.5. The van der Waals surface area contributed by atoms with Gasteiger partial charge < -0.3 is 9.82 Å². The van der Waals surface area contributed by atoms with Crippen molar-refractivity contribution in [2.24, 2.45) is 0 Å². The molecule has 82 valence electrons. The number of nitrogens with one attached hydrogen (secondary N) is 1. The molecule has 1 aromatic carbocycles. The fourth-order valence-electron chi connectivity index (χ4n) is 0.949. The lowest BCUT2D eigenvalue weighted by atomic mass is 10.2. The van der Waals surface area contributed by atoms with E-state index in [2.05, 4.69) is 9.82 Å². The van der Waals surface area contributed by atoms with Crippen molar-refractivity contribution in [3.05, 3.63) is 29.8 Å². The first-order chi connectivity index (χ1) is 6.92. The fraction of sp³-hybridized carbons (Fsp3) is 0.125. The number of hydrogen-bond donors (Lipinski definition) is 1. The van der Waals surface area contributed by atoms with Gasteiger partial charge in [0.25, 0.3) is 0 Å². The van der Waals surface area contributed by atoms with Crippen molar-refractivity contribution in [2.75, 3.05) is 12.2 Å². The molecule has 0 aliphatic carbocycles. The van der Waals surface area contributed by atoms with Crippen molar-refractivity contribution in [1.29, 1.82) is 0 Å². The van der Waals surface area contributed by atoms with Crippen molar-refractivity contribution >= 4 is 40.1 Å². The molecular formula is C8H8Cl2NO3P. The summed E-state index contributed by atoms with van der Waals surface area (Å²) >= 11 is 10.6. The Morgan fingerprint density at radius 1 is 1.33 bits per heavy atom. The molecule has 0 saturated carbocycles. The van der Waals surface area contributed by atoms with Crippen LogP contribution < -0.4 is 5.09 Å². The highest BCUT2D eigenvalue weighted by molar-refractivity contribution is 8.09. The number of carbonyl (C=O) groups excluding carboxylic acids is 1. The van der Waals surface area contributed by atoms with Crippen LogP contribution in [0.5, 0.6) is 0 Å². The molecule has 4 nitrogen and oxygen atoms in total. The zero-order valence-electron chi connectivity index (χ0n) is 7.74. The molecule has 0 fully saturated rings. The van der Waals surface area contributed by atoms with Gasteiger partial charge in [-0.3, -0.25) is 4.57 Å². The van der Waals surface area contributed by atoms with Gasteiger partial charge in [0.1, 0.15) is 0 Å². The van der Waals surface area contributed by atoms with Crippen LogP contribution in [0, 0.1) is 0 Å². The second-order valence-electron chi connectivity index (χ2n) is 2.64. The SMILES string of the molecule is COC(=O)c1ccc(NP(=O)(Cl)Cl)cc1. The molecule has 0 saturated heterocycles. The van der Waals surface area contributed by atoms with Gasteiger partial charge in [0, 0.05) is 5.69 Å². The van der Waals surface area contributed by atoms with E-state index in [9.17, 15) is 9.36 Å². The van der Waals surface area contributed by atoms with E-state index in [4.69, 9.17) is 22.5 Å². The van der Waals surface area contributed by atoms with E-state index < -0.39 is 12.0 Å². The summed E-state index contributed by atoms with van der Waals surface area (Å²) in [6, 6.07) is 6.09. The molecule has 15 heavy (non-hydrogen) atoms. The van der Waals surface area contributed by atoms with Crippen LogP contribution in [0.2, 0.25) is 0 Å². The van der Waals surface area contributed by atoms with Gasteiger partial charge in [-0.1, -0.05) is 0 Å². The molecule has 0 aromatic heterocycles. The normalized spacial score (nSPS) is 10.9. The molecule has 0 aliphatic rings. The highest BCUT2D eigenvalue weighted by Gasteiger charge is 2.13. The monoisotopic (exact) mass is 267 g/mol.